The van der Waals surface area contributed by atoms with Crippen molar-refractivity contribution in [2.24, 2.45) is 0 Å². The third kappa shape index (κ3) is 3.31. The molecule has 0 bridgehead atoms. The van der Waals surface area contributed by atoms with Crippen molar-refractivity contribution in [2.75, 3.05) is 7.11 Å². The SMILES string of the molecule is CCCn1c(CNC(C)(C)C)nc2cc(OC)ccc21. The van der Waals surface area contributed by atoms with Crippen LogP contribution in [0.3, 0.4) is 0 Å². The molecule has 0 spiro atoms. The Balaban J connectivity index is 2.38. The number of aromatic nitrogens is 2. The van der Waals surface area contributed by atoms with E-state index in [1.54, 1.807) is 7.11 Å². The number of rotatable bonds is 5. The van der Waals surface area contributed by atoms with Gasteiger partial charge in [0, 0.05) is 18.2 Å². The van der Waals surface area contributed by atoms with Crippen molar-refractivity contribution in [1.82, 2.24) is 14.9 Å². The number of imidazole rings is 1. The first-order valence-corrected chi connectivity index (χ1v) is 7.23. The molecule has 1 aromatic heterocycles. The lowest BCUT2D eigenvalue weighted by Crippen LogP contribution is -2.35. The van der Waals surface area contributed by atoms with Crippen molar-refractivity contribution in [2.45, 2.75) is 52.7 Å². The quantitative estimate of drug-likeness (QED) is 0.909. The molecule has 0 saturated heterocycles. The molecule has 0 amide bonds. The van der Waals surface area contributed by atoms with Crippen LogP contribution in [0.1, 0.15) is 39.9 Å². The molecule has 0 aliphatic heterocycles. The van der Waals surface area contributed by atoms with E-state index in [2.05, 4.69) is 43.6 Å². The van der Waals surface area contributed by atoms with E-state index in [9.17, 15) is 0 Å². The number of nitrogens with zero attached hydrogens (tertiary/aromatic N) is 2. The molecule has 1 aromatic carbocycles. The van der Waals surface area contributed by atoms with Crippen LogP contribution in [0.5, 0.6) is 5.75 Å². The van der Waals surface area contributed by atoms with E-state index in [1.165, 1.54) is 5.52 Å². The highest BCUT2D eigenvalue weighted by molar-refractivity contribution is 5.77. The highest BCUT2D eigenvalue weighted by Gasteiger charge is 2.14. The molecule has 0 atom stereocenters. The average molecular weight is 275 g/mol. The lowest BCUT2D eigenvalue weighted by atomic mass is 10.1. The summed E-state index contributed by atoms with van der Waals surface area (Å²) in [6.45, 7) is 10.5. The zero-order valence-corrected chi connectivity index (χ0v) is 13.2. The second-order valence-electron chi connectivity index (χ2n) is 6.14. The van der Waals surface area contributed by atoms with Crippen molar-refractivity contribution in [3.63, 3.8) is 0 Å². The number of fused-ring (bicyclic) bond motifs is 1. The minimum Gasteiger partial charge on any atom is -0.497 e. The minimum atomic E-state index is 0.0901. The molecule has 0 fully saturated rings. The van der Waals surface area contributed by atoms with E-state index in [0.29, 0.717) is 0 Å². The summed E-state index contributed by atoms with van der Waals surface area (Å²) in [6.07, 6.45) is 1.10. The Morgan fingerprint density at radius 1 is 1.30 bits per heavy atom. The molecule has 110 valence electrons. The highest BCUT2D eigenvalue weighted by Crippen LogP contribution is 2.22. The van der Waals surface area contributed by atoms with Gasteiger partial charge in [-0.05, 0) is 39.3 Å². The number of hydrogen-bond donors (Lipinski definition) is 1. The first kappa shape index (κ1) is 14.9. The Labute approximate surface area is 121 Å². The minimum absolute atomic E-state index is 0.0901. The molecule has 1 heterocycles. The molecule has 1 N–H and O–H groups in total. The smallest absolute Gasteiger partial charge is 0.123 e. The predicted molar refractivity (Wildman–Crippen MR) is 83.2 cm³/mol. The lowest BCUT2D eigenvalue weighted by Gasteiger charge is -2.20. The number of nitrogens with one attached hydrogen (secondary N) is 1. The van der Waals surface area contributed by atoms with Crippen LogP contribution in [-0.4, -0.2) is 22.2 Å². The zero-order valence-electron chi connectivity index (χ0n) is 13.2. The summed E-state index contributed by atoms with van der Waals surface area (Å²) in [6, 6.07) is 6.09. The number of aryl methyl sites for hydroxylation is 1. The van der Waals surface area contributed by atoms with Gasteiger partial charge in [-0.15, -0.1) is 0 Å². The number of hydrogen-bond acceptors (Lipinski definition) is 3. The molecule has 20 heavy (non-hydrogen) atoms. The maximum Gasteiger partial charge on any atom is 0.123 e. The van der Waals surface area contributed by atoms with Gasteiger partial charge in [-0.3, -0.25) is 0 Å². The molecule has 0 radical (unpaired) electrons. The number of methoxy groups -OCH3 is 1. The van der Waals surface area contributed by atoms with E-state index in [0.717, 1.165) is 36.6 Å². The summed E-state index contributed by atoms with van der Waals surface area (Å²) in [5.74, 6) is 1.94. The average Bonchev–Trinajstić information content (AvgIpc) is 2.73. The van der Waals surface area contributed by atoms with Crippen molar-refractivity contribution in [3.05, 3.63) is 24.0 Å². The van der Waals surface area contributed by atoms with Crippen molar-refractivity contribution in [1.29, 1.82) is 0 Å². The standard InChI is InChI=1S/C16H25N3O/c1-6-9-19-14-8-7-12(20-5)10-13(14)18-15(19)11-17-16(2,3)4/h7-8,10,17H,6,9,11H2,1-5H3. The molecular weight excluding hydrogens is 250 g/mol. The van der Waals surface area contributed by atoms with Crippen LogP contribution in [0.4, 0.5) is 0 Å². The largest absolute Gasteiger partial charge is 0.497 e. The van der Waals surface area contributed by atoms with Crippen LogP contribution >= 0.6 is 0 Å². The van der Waals surface area contributed by atoms with Crippen molar-refractivity contribution < 1.29 is 4.74 Å². The number of benzene rings is 1. The van der Waals surface area contributed by atoms with Gasteiger partial charge in [0.05, 0.1) is 24.7 Å². The van der Waals surface area contributed by atoms with Crippen LogP contribution in [0.25, 0.3) is 11.0 Å². The first-order chi connectivity index (χ1) is 9.44. The molecule has 2 rings (SSSR count). The van der Waals surface area contributed by atoms with Gasteiger partial charge in [0.1, 0.15) is 11.6 Å². The lowest BCUT2D eigenvalue weighted by molar-refractivity contribution is 0.412. The second-order valence-corrected chi connectivity index (χ2v) is 6.14. The fraction of sp³-hybridized carbons (Fsp3) is 0.562. The fourth-order valence-corrected chi connectivity index (χ4v) is 2.24. The van der Waals surface area contributed by atoms with Gasteiger partial charge in [0.2, 0.25) is 0 Å². The Morgan fingerprint density at radius 2 is 2.05 bits per heavy atom. The maximum atomic E-state index is 5.28. The molecule has 0 aliphatic carbocycles. The third-order valence-corrected chi connectivity index (χ3v) is 3.26. The van der Waals surface area contributed by atoms with Crippen LogP contribution < -0.4 is 10.1 Å². The van der Waals surface area contributed by atoms with Crippen LogP contribution in [0.2, 0.25) is 0 Å². The van der Waals surface area contributed by atoms with Crippen LogP contribution in [-0.2, 0) is 13.1 Å². The Hall–Kier alpha value is -1.55. The van der Waals surface area contributed by atoms with E-state index >= 15 is 0 Å². The van der Waals surface area contributed by atoms with Gasteiger partial charge in [0.15, 0.2) is 0 Å². The first-order valence-electron chi connectivity index (χ1n) is 7.23. The van der Waals surface area contributed by atoms with Gasteiger partial charge < -0.3 is 14.6 Å². The number of ether oxygens (including phenoxy) is 1. The monoisotopic (exact) mass is 275 g/mol. The van der Waals surface area contributed by atoms with E-state index in [-0.39, 0.29) is 5.54 Å². The Morgan fingerprint density at radius 3 is 2.65 bits per heavy atom. The fourth-order valence-electron chi connectivity index (χ4n) is 2.24. The third-order valence-electron chi connectivity index (χ3n) is 3.26. The molecule has 4 nitrogen and oxygen atoms in total. The van der Waals surface area contributed by atoms with Crippen LogP contribution in [0, 0.1) is 0 Å². The summed E-state index contributed by atoms with van der Waals surface area (Å²) in [7, 11) is 1.69. The van der Waals surface area contributed by atoms with Crippen molar-refractivity contribution in [3.8, 4) is 5.75 Å². The molecular formula is C16H25N3O. The van der Waals surface area contributed by atoms with Gasteiger partial charge in [0.25, 0.3) is 0 Å². The highest BCUT2D eigenvalue weighted by atomic mass is 16.5. The molecule has 0 aliphatic rings. The molecule has 4 heteroatoms. The summed E-state index contributed by atoms with van der Waals surface area (Å²) >= 11 is 0. The predicted octanol–water partition coefficient (Wildman–Crippen LogP) is 3.34. The van der Waals surface area contributed by atoms with Crippen molar-refractivity contribution >= 4 is 11.0 Å². The van der Waals surface area contributed by atoms with E-state index in [1.807, 2.05) is 12.1 Å². The Bertz CT molecular complexity index is 581. The summed E-state index contributed by atoms with van der Waals surface area (Å²) < 4.78 is 7.58. The topological polar surface area (TPSA) is 39.1 Å². The van der Waals surface area contributed by atoms with Gasteiger partial charge in [-0.2, -0.15) is 0 Å². The molecule has 0 unspecified atom stereocenters. The van der Waals surface area contributed by atoms with Gasteiger partial charge in [-0.1, -0.05) is 6.92 Å². The van der Waals surface area contributed by atoms with Crippen LogP contribution in [0.15, 0.2) is 18.2 Å². The molecule has 2 aromatic rings. The maximum absolute atomic E-state index is 5.28. The Kier molecular flexibility index (Phi) is 4.33. The zero-order chi connectivity index (χ0) is 14.8. The van der Waals surface area contributed by atoms with Gasteiger partial charge >= 0.3 is 0 Å². The molecule has 0 saturated carbocycles. The summed E-state index contributed by atoms with van der Waals surface area (Å²) in [5, 5.41) is 3.51. The van der Waals surface area contributed by atoms with Gasteiger partial charge in [-0.25, -0.2) is 4.98 Å². The van der Waals surface area contributed by atoms with E-state index < -0.39 is 0 Å². The van der Waals surface area contributed by atoms with E-state index in [4.69, 9.17) is 9.72 Å². The summed E-state index contributed by atoms with van der Waals surface area (Å²) in [5.41, 5.74) is 2.27. The normalized spacial score (nSPS) is 12.1. The summed E-state index contributed by atoms with van der Waals surface area (Å²) in [4.78, 5) is 4.76. The second kappa shape index (κ2) is 5.83.